The summed E-state index contributed by atoms with van der Waals surface area (Å²) >= 11 is 1.86. The summed E-state index contributed by atoms with van der Waals surface area (Å²) in [6.45, 7) is 6.00. The summed E-state index contributed by atoms with van der Waals surface area (Å²) in [6, 6.07) is -0.0712. The topological polar surface area (TPSA) is 64.3 Å². The van der Waals surface area contributed by atoms with Gasteiger partial charge in [-0.25, -0.2) is 4.79 Å². The number of hydrogen-bond donors (Lipinski definition) is 2. The molecule has 2 rings (SSSR count). The van der Waals surface area contributed by atoms with Gasteiger partial charge in [0, 0.05) is 17.5 Å². The maximum atomic E-state index is 11.6. The Morgan fingerprint density at radius 3 is 2.86 bits per heavy atom. The Bertz CT molecular complexity index is 491. The van der Waals surface area contributed by atoms with E-state index in [-0.39, 0.29) is 6.04 Å². The SMILES string of the molecule is CC(C)(C)OC(=O)NCC(N)Cc1csc2c1CCCC2. The molecule has 1 aliphatic carbocycles. The Balaban J connectivity index is 1.81. The highest BCUT2D eigenvalue weighted by molar-refractivity contribution is 7.10. The minimum atomic E-state index is -0.472. The number of carbonyl (C=O) groups excluding carboxylic acids is 1. The van der Waals surface area contributed by atoms with Crippen LogP contribution in [0.2, 0.25) is 0 Å². The first-order valence-corrected chi connectivity index (χ1v) is 8.53. The van der Waals surface area contributed by atoms with Crippen molar-refractivity contribution in [2.75, 3.05) is 6.54 Å². The molecule has 1 unspecified atom stereocenters. The van der Waals surface area contributed by atoms with Crippen molar-refractivity contribution in [3.63, 3.8) is 0 Å². The zero-order valence-electron chi connectivity index (χ0n) is 13.2. The third-order valence-electron chi connectivity index (χ3n) is 3.54. The van der Waals surface area contributed by atoms with Crippen LogP contribution in [0.1, 0.15) is 49.6 Å². The summed E-state index contributed by atoms with van der Waals surface area (Å²) in [5.41, 5.74) is 8.55. The van der Waals surface area contributed by atoms with Crippen LogP contribution in [0.5, 0.6) is 0 Å². The molecule has 3 N–H and O–H groups in total. The monoisotopic (exact) mass is 310 g/mol. The largest absolute Gasteiger partial charge is 0.444 e. The van der Waals surface area contributed by atoms with E-state index < -0.39 is 11.7 Å². The van der Waals surface area contributed by atoms with E-state index in [1.165, 1.54) is 41.7 Å². The molecule has 0 aliphatic heterocycles. The van der Waals surface area contributed by atoms with Crippen molar-refractivity contribution in [1.29, 1.82) is 0 Å². The zero-order valence-corrected chi connectivity index (χ0v) is 14.0. The van der Waals surface area contributed by atoms with Crippen LogP contribution in [0.15, 0.2) is 5.38 Å². The van der Waals surface area contributed by atoms with E-state index in [9.17, 15) is 4.79 Å². The highest BCUT2D eigenvalue weighted by Crippen LogP contribution is 2.30. The van der Waals surface area contributed by atoms with Crippen molar-refractivity contribution in [3.05, 3.63) is 21.4 Å². The molecule has 1 aliphatic rings. The number of ether oxygens (including phenoxy) is 1. The number of aryl methyl sites for hydroxylation is 1. The Kier molecular flexibility index (Phi) is 5.27. The first-order chi connectivity index (χ1) is 9.85. The van der Waals surface area contributed by atoms with Crippen molar-refractivity contribution in [1.82, 2.24) is 5.32 Å². The van der Waals surface area contributed by atoms with Crippen molar-refractivity contribution >= 4 is 17.4 Å². The quantitative estimate of drug-likeness (QED) is 0.898. The fourth-order valence-corrected chi connectivity index (χ4v) is 3.78. The molecule has 1 amide bonds. The van der Waals surface area contributed by atoms with Crippen molar-refractivity contribution in [2.24, 2.45) is 5.73 Å². The number of thiophene rings is 1. The van der Waals surface area contributed by atoms with Gasteiger partial charge in [-0.05, 0) is 69.4 Å². The summed E-state index contributed by atoms with van der Waals surface area (Å²) in [5.74, 6) is 0. The molecule has 0 aromatic carbocycles. The summed E-state index contributed by atoms with van der Waals surface area (Å²) in [7, 11) is 0. The molecule has 0 bridgehead atoms. The number of carbonyl (C=O) groups is 1. The molecule has 0 fully saturated rings. The molecule has 1 aromatic heterocycles. The maximum Gasteiger partial charge on any atom is 0.407 e. The average molecular weight is 310 g/mol. The summed E-state index contributed by atoms with van der Waals surface area (Å²) < 4.78 is 5.21. The van der Waals surface area contributed by atoms with Gasteiger partial charge in [-0.2, -0.15) is 0 Å². The van der Waals surface area contributed by atoms with E-state index in [0.29, 0.717) is 6.54 Å². The molecule has 1 atom stereocenters. The molecular weight excluding hydrogens is 284 g/mol. The number of fused-ring (bicyclic) bond motifs is 1. The zero-order chi connectivity index (χ0) is 15.5. The van der Waals surface area contributed by atoms with Crippen LogP contribution in [0.4, 0.5) is 4.79 Å². The van der Waals surface area contributed by atoms with Gasteiger partial charge in [0.2, 0.25) is 0 Å². The normalized spacial score (nSPS) is 16.2. The predicted octanol–water partition coefficient (Wildman–Crippen LogP) is 3.02. The molecule has 0 radical (unpaired) electrons. The van der Waals surface area contributed by atoms with E-state index in [2.05, 4.69) is 10.7 Å². The Labute approximate surface area is 131 Å². The summed E-state index contributed by atoms with van der Waals surface area (Å²) in [6.07, 6.45) is 5.40. The number of hydrogen-bond acceptors (Lipinski definition) is 4. The van der Waals surface area contributed by atoms with Crippen molar-refractivity contribution in [2.45, 2.75) is 64.5 Å². The Morgan fingerprint density at radius 1 is 1.43 bits per heavy atom. The summed E-state index contributed by atoms with van der Waals surface area (Å²) in [5, 5.41) is 4.99. The van der Waals surface area contributed by atoms with Crippen LogP contribution in [0.3, 0.4) is 0 Å². The van der Waals surface area contributed by atoms with Gasteiger partial charge in [-0.1, -0.05) is 0 Å². The Hall–Kier alpha value is -1.07. The van der Waals surface area contributed by atoms with Gasteiger partial charge in [0.1, 0.15) is 5.60 Å². The molecule has 1 heterocycles. The summed E-state index contributed by atoms with van der Waals surface area (Å²) in [4.78, 5) is 13.1. The van der Waals surface area contributed by atoms with Gasteiger partial charge in [0.25, 0.3) is 0 Å². The molecule has 5 heteroatoms. The highest BCUT2D eigenvalue weighted by atomic mass is 32.1. The van der Waals surface area contributed by atoms with Crippen molar-refractivity contribution < 1.29 is 9.53 Å². The number of nitrogens with two attached hydrogens (primary N) is 1. The van der Waals surface area contributed by atoms with Gasteiger partial charge in [-0.15, -0.1) is 11.3 Å². The minimum Gasteiger partial charge on any atom is -0.444 e. The average Bonchev–Trinajstić information content (AvgIpc) is 2.78. The Morgan fingerprint density at radius 2 is 2.14 bits per heavy atom. The van der Waals surface area contributed by atoms with Crippen LogP contribution in [0, 0.1) is 0 Å². The minimum absolute atomic E-state index is 0.0712. The molecule has 0 saturated carbocycles. The number of nitrogens with one attached hydrogen (secondary N) is 1. The smallest absolute Gasteiger partial charge is 0.407 e. The van der Waals surface area contributed by atoms with E-state index in [4.69, 9.17) is 10.5 Å². The van der Waals surface area contributed by atoms with Crippen LogP contribution < -0.4 is 11.1 Å². The second-order valence-electron chi connectivity index (χ2n) is 6.72. The van der Waals surface area contributed by atoms with Gasteiger partial charge >= 0.3 is 6.09 Å². The van der Waals surface area contributed by atoms with Crippen LogP contribution >= 0.6 is 11.3 Å². The fraction of sp³-hybridized carbons (Fsp3) is 0.688. The highest BCUT2D eigenvalue weighted by Gasteiger charge is 2.19. The van der Waals surface area contributed by atoms with Gasteiger partial charge in [0.15, 0.2) is 0 Å². The van der Waals surface area contributed by atoms with Crippen LogP contribution in [0.25, 0.3) is 0 Å². The third kappa shape index (κ3) is 5.00. The number of alkyl carbamates (subject to hydrolysis) is 1. The molecule has 21 heavy (non-hydrogen) atoms. The first kappa shape index (κ1) is 16.3. The first-order valence-electron chi connectivity index (χ1n) is 7.65. The van der Waals surface area contributed by atoms with Crippen LogP contribution in [-0.4, -0.2) is 24.3 Å². The fourth-order valence-electron chi connectivity index (χ4n) is 2.62. The molecule has 118 valence electrons. The van der Waals surface area contributed by atoms with Crippen LogP contribution in [-0.2, 0) is 24.0 Å². The lowest BCUT2D eigenvalue weighted by Crippen LogP contribution is -2.41. The lowest BCUT2D eigenvalue weighted by Gasteiger charge is -2.21. The second-order valence-corrected chi connectivity index (χ2v) is 7.68. The van der Waals surface area contributed by atoms with Crippen molar-refractivity contribution in [3.8, 4) is 0 Å². The van der Waals surface area contributed by atoms with Gasteiger partial charge in [-0.3, -0.25) is 0 Å². The number of amides is 1. The predicted molar refractivity (Wildman–Crippen MR) is 86.9 cm³/mol. The molecule has 0 spiro atoms. The third-order valence-corrected chi connectivity index (χ3v) is 4.68. The molecule has 1 aromatic rings. The lowest BCUT2D eigenvalue weighted by molar-refractivity contribution is 0.0524. The second kappa shape index (κ2) is 6.79. The number of rotatable bonds is 4. The molecular formula is C16H26N2O2S. The maximum absolute atomic E-state index is 11.6. The molecule has 0 saturated heterocycles. The van der Waals surface area contributed by atoms with E-state index in [1.807, 2.05) is 32.1 Å². The van der Waals surface area contributed by atoms with E-state index in [0.717, 1.165) is 6.42 Å². The lowest BCUT2D eigenvalue weighted by atomic mass is 9.93. The van der Waals surface area contributed by atoms with E-state index >= 15 is 0 Å². The van der Waals surface area contributed by atoms with Gasteiger partial charge in [0.05, 0.1) is 0 Å². The van der Waals surface area contributed by atoms with E-state index in [1.54, 1.807) is 0 Å². The standard InChI is InChI=1S/C16H26N2O2S/c1-16(2,3)20-15(19)18-9-12(17)8-11-10-21-14-7-5-4-6-13(11)14/h10,12H,4-9,17H2,1-3H3,(H,18,19). The molecule has 4 nitrogen and oxygen atoms in total. The van der Waals surface area contributed by atoms with Gasteiger partial charge < -0.3 is 15.8 Å².